The van der Waals surface area contributed by atoms with Crippen LogP contribution in [-0.2, 0) is 13.1 Å². The third kappa shape index (κ3) is 3.83. The minimum atomic E-state index is -0.608. The number of nitrogens with zero attached hydrogens (tertiary/aromatic N) is 2. The Bertz CT molecular complexity index is 902. The zero-order valence-electron chi connectivity index (χ0n) is 15.9. The molecule has 0 aliphatic rings. The van der Waals surface area contributed by atoms with Crippen LogP contribution in [0.25, 0.3) is 11.0 Å². The lowest BCUT2D eigenvalue weighted by atomic mass is 10.1. The maximum atomic E-state index is 10.5. The van der Waals surface area contributed by atoms with E-state index in [2.05, 4.69) is 48.4 Å². The third-order valence-corrected chi connectivity index (χ3v) is 4.72. The predicted molar refractivity (Wildman–Crippen MR) is 102 cm³/mol. The summed E-state index contributed by atoms with van der Waals surface area (Å²) in [7, 11) is 1.62. The van der Waals surface area contributed by atoms with E-state index in [1.807, 2.05) is 24.3 Å². The fourth-order valence-electron chi connectivity index (χ4n) is 3.10. The summed E-state index contributed by atoms with van der Waals surface area (Å²) in [5.74, 6) is 1.43. The smallest absolute Gasteiger partial charge is 0.244 e. The molecular weight excluding hydrogens is 328 g/mol. The quantitative estimate of drug-likeness (QED) is 0.663. The number of ether oxygens (including phenoxy) is 2. The lowest BCUT2D eigenvalue weighted by Gasteiger charge is -2.12. The number of benzene rings is 2. The first kappa shape index (κ1) is 18.3. The lowest BCUT2D eigenvalue weighted by molar-refractivity contribution is -0.679. The van der Waals surface area contributed by atoms with Crippen molar-refractivity contribution in [3.63, 3.8) is 0 Å². The Balaban J connectivity index is 1.74. The first-order valence-corrected chi connectivity index (χ1v) is 8.96. The van der Waals surface area contributed by atoms with Gasteiger partial charge in [-0.3, -0.25) is 0 Å². The van der Waals surface area contributed by atoms with Gasteiger partial charge in [-0.2, -0.15) is 0 Å². The van der Waals surface area contributed by atoms with Crippen molar-refractivity contribution < 1.29 is 19.1 Å². The Morgan fingerprint density at radius 1 is 1.12 bits per heavy atom. The first-order valence-electron chi connectivity index (χ1n) is 8.96. The van der Waals surface area contributed by atoms with Crippen molar-refractivity contribution in [1.82, 2.24) is 4.57 Å². The number of aromatic nitrogens is 2. The SMILES string of the molecule is CCn1c[n+](CC(O)COc2cccc(OC)c2)c2cc(C)c(C)cc21. The van der Waals surface area contributed by atoms with Gasteiger partial charge in [-0.1, -0.05) is 6.07 Å². The van der Waals surface area contributed by atoms with Gasteiger partial charge in [0.2, 0.25) is 6.33 Å². The van der Waals surface area contributed by atoms with E-state index in [0.717, 1.165) is 17.8 Å². The van der Waals surface area contributed by atoms with Gasteiger partial charge in [0.05, 0.1) is 13.7 Å². The molecule has 3 rings (SSSR count). The Labute approximate surface area is 154 Å². The Hall–Kier alpha value is -2.53. The fraction of sp³-hybridized carbons (Fsp3) is 0.381. The summed E-state index contributed by atoms with van der Waals surface area (Å²) in [6.07, 6.45) is 1.46. The Morgan fingerprint density at radius 2 is 1.85 bits per heavy atom. The normalized spacial score (nSPS) is 12.3. The van der Waals surface area contributed by atoms with Gasteiger partial charge in [-0.15, -0.1) is 0 Å². The van der Waals surface area contributed by atoms with Gasteiger partial charge < -0.3 is 14.6 Å². The predicted octanol–water partition coefficient (Wildman–Crippen LogP) is 3.01. The summed E-state index contributed by atoms with van der Waals surface area (Å²) in [4.78, 5) is 0. The molecule has 138 valence electrons. The third-order valence-electron chi connectivity index (χ3n) is 4.72. The maximum absolute atomic E-state index is 10.5. The molecule has 1 atom stereocenters. The molecule has 0 amide bonds. The van der Waals surface area contributed by atoms with Crippen molar-refractivity contribution in [2.75, 3.05) is 13.7 Å². The van der Waals surface area contributed by atoms with Crippen molar-refractivity contribution in [2.24, 2.45) is 0 Å². The highest BCUT2D eigenvalue weighted by Crippen LogP contribution is 2.20. The van der Waals surface area contributed by atoms with Crippen LogP contribution < -0.4 is 14.0 Å². The molecule has 5 heteroatoms. The summed E-state index contributed by atoms with van der Waals surface area (Å²) < 4.78 is 15.2. The molecule has 0 spiro atoms. The van der Waals surface area contributed by atoms with E-state index in [9.17, 15) is 5.11 Å². The van der Waals surface area contributed by atoms with Gasteiger partial charge in [0, 0.05) is 6.07 Å². The van der Waals surface area contributed by atoms with Crippen molar-refractivity contribution in [1.29, 1.82) is 0 Å². The molecule has 26 heavy (non-hydrogen) atoms. The molecule has 1 unspecified atom stereocenters. The second-order valence-electron chi connectivity index (χ2n) is 6.62. The highest BCUT2D eigenvalue weighted by atomic mass is 16.5. The summed E-state index contributed by atoms with van der Waals surface area (Å²) in [6, 6.07) is 11.8. The summed E-state index contributed by atoms with van der Waals surface area (Å²) >= 11 is 0. The average Bonchev–Trinajstić information content (AvgIpc) is 2.97. The van der Waals surface area contributed by atoms with E-state index in [-0.39, 0.29) is 6.61 Å². The number of aryl methyl sites for hydroxylation is 3. The maximum Gasteiger partial charge on any atom is 0.244 e. The van der Waals surface area contributed by atoms with E-state index >= 15 is 0 Å². The molecule has 5 nitrogen and oxygen atoms in total. The first-order chi connectivity index (χ1) is 12.5. The topological polar surface area (TPSA) is 47.5 Å². The van der Waals surface area contributed by atoms with Crippen LogP contribution in [0.3, 0.4) is 0 Å². The van der Waals surface area contributed by atoms with E-state index in [4.69, 9.17) is 9.47 Å². The molecule has 2 aromatic carbocycles. The molecule has 0 aliphatic heterocycles. The number of aliphatic hydroxyl groups excluding tert-OH is 1. The lowest BCUT2D eigenvalue weighted by Crippen LogP contribution is -2.41. The minimum absolute atomic E-state index is 0.226. The number of imidazole rings is 1. The average molecular weight is 355 g/mol. The molecular formula is C21H27N2O3+. The highest BCUT2D eigenvalue weighted by molar-refractivity contribution is 5.74. The van der Waals surface area contributed by atoms with Gasteiger partial charge >= 0.3 is 0 Å². The van der Waals surface area contributed by atoms with E-state index in [1.165, 1.54) is 16.6 Å². The zero-order valence-corrected chi connectivity index (χ0v) is 15.9. The van der Waals surface area contributed by atoms with Crippen molar-refractivity contribution in [3.8, 4) is 11.5 Å². The van der Waals surface area contributed by atoms with E-state index in [1.54, 1.807) is 7.11 Å². The molecule has 0 saturated heterocycles. The van der Waals surface area contributed by atoms with Crippen LogP contribution in [0.15, 0.2) is 42.7 Å². The van der Waals surface area contributed by atoms with Crippen LogP contribution in [0.1, 0.15) is 18.1 Å². The second kappa shape index (κ2) is 7.79. The van der Waals surface area contributed by atoms with Crippen LogP contribution in [-0.4, -0.2) is 29.5 Å². The van der Waals surface area contributed by atoms with Crippen LogP contribution >= 0.6 is 0 Å². The van der Waals surface area contributed by atoms with Gasteiger partial charge in [0.1, 0.15) is 30.8 Å². The monoisotopic (exact) mass is 355 g/mol. The molecule has 0 bridgehead atoms. The molecule has 3 aromatic rings. The van der Waals surface area contributed by atoms with Gasteiger partial charge in [-0.05, 0) is 56.2 Å². The minimum Gasteiger partial charge on any atom is -0.497 e. The number of rotatable bonds is 7. The standard InChI is InChI=1S/C21H27N2O3/c1-5-22-14-23(21-10-16(3)15(2)9-20(21)22)12-17(24)13-26-19-8-6-7-18(11-19)25-4/h6-11,14,17,24H,5,12-13H2,1-4H3/q+1. The van der Waals surface area contributed by atoms with Crippen LogP contribution in [0.5, 0.6) is 11.5 Å². The van der Waals surface area contributed by atoms with E-state index < -0.39 is 6.10 Å². The van der Waals surface area contributed by atoms with Crippen LogP contribution in [0.2, 0.25) is 0 Å². The molecule has 0 aliphatic carbocycles. The van der Waals surface area contributed by atoms with Crippen LogP contribution in [0.4, 0.5) is 0 Å². The second-order valence-corrected chi connectivity index (χ2v) is 6.62. The molecule has 1 N–H and O–H groups in total. The van der Waals surface area contributed by atoms with Gasteiger partial charge in [0.15, 0.2) is 11.0 Å². The number of fused-ring (bicyclic) bond motifs is 1. The Kier molecular flexibility index (Phi) is 5.47. The molecule has 0 saturated carbocycles. The summed E-state index contributed by atoms with van der Waals surface area (Å²) in [6.45, 7) is 7.97. The molecule has 0 fully saturated rings. The number of hydrogen-bond acceptors (Lipinski definition) is 3. The number of methoxy groups -OCH3 is 1. The van der Waals surface area contributed by atoms with Gasteiger partial charge in [0.25, 0.3) is 0 Å². The fourth-order valence-corrected chi connectivity index (χ4v) is 3.10. The summed E-state index contributed by atoms with van der Waals surface area (Å²) in [5, 5.41) is 10.5. The van der Waals surface area contributed by atoms with Crippen molar-refractivity contribution in [3.05, 3.63) is 53.9 Å². The molecule has 1 heterocycles. The zero-order chi connectivity index (χ0) is 18.7. The Morgan fingerprint density at radius 3 is 2.58 bits per heavy atom. The molecule has 1 aromatic heterocycles. The summed E-state index contributed by atoms with van der Waals surface area (Å²) in [5.41, 5.74) is 4.86. The van der Waals surface area contributed by atoms with Crippen molar-refractivity contribution in [2.45, 2.75) is 40.0 Å². The van der Waals surface area contributed by atoms with Crippen molar-refractivity contribution >= 4 is 11.0 Å². The van der Waals surface area contributed by atoms with E-state index in [0.29, 0.717) is 12.3 Å². The largest absolute Gasteiger partial charge is 0.497 e. The highest BCUT2D eigenvalue weighted by Gasteiger charge is 2.19. The number of aliphatic hydroxyl groups is 1. The van der Waals surface area contributed by atoms with Crippen LogP contribution in [0, 0.1) is 13.8 Å². The number of hydrogen-bond donors (Lipinski definition) is 1. The molecule has 0 radical (unpaired) electrons. The van der Waals surface area contributed by atoms with Gasteiger partial charge in [-0.25, -0.2) is 9.13 Å².